The second-order valence-electron chi connectivity index (χ2n) is 5.58. The average molecular weight is 406 g/mol. The number of anilines is 2. The first kappa shape index (κ1) is 21.5. The quantitative estimate of drug-likeness (QED) is 0.283. The number of aliphatic imine (C=N–C) groups is 1. The van der Waals surface area contributed by atoms with Gasteiger partial charge in [0.25, 0.3) is 0 Å². The van der Waals surface area contributed by atoms with Crippen LogP contribution < -0.4 is 10.6 Å². The van der Waals surface area contributed by atoms with Crippen LogP contribution in [-0.4, -0.2) is 24.7 Å². The molecule has 0 radical (unpaired) electrons. The predicted molar refractivity (Wildman–Crippen MR) is 120 cm³/mol. The van der Waals surface area contributed by atoms with Gasteiger partial charge in [-0.05, 0) is 55.3 Å². The fourth-order valence-electron chi connectivity index (χ4n) is 2.22. The molecule has 0 atom stereocenters. The number of nitrogen functional groups attached to an aromatic ring is 1. The SMILES string of the molecule is C#CCN(C=O)c1ccc(F)cc1.C=N/C=C\C=C\c1ccc2c(N)csc2n1. The van der Waals surface area contributed by atoms with Crippen molar-refractivity contribution in [2.24, 2.45) is 4.99 Å². The van der Waals surface area contributed by atoms with Crippen LogP contribution in [0.5, 0.6) is 0 Å². The van der Waals surface area contributed by atoms with Crippen molar-refractivity contribution in [3.05, 3.63) is 71.6 Å². The van der Waals surface area contributed by atoms with E-state index in [0.29, 0.717) is 12.1 Å². The zero-order valence-corrected chi connectivity index (χ0v) is 16.3. The molecule has 5 nitrogen and oxygen atoms in total. The lowest BCUT2D eigenvalue weighted by atomic mass is 10.2. The molecule has 7 heteroatoms. The van der Waals surface area contributed by atoms with E-state index in [0.717, 1.165) is 21.6 Å². The van der Waals surface area contributed by atoms with E-state index < -0.39 is 0 Å². The summed E-state index contributed by atoms with van der Waals surface area (Å²) in [7, 11) is 0. The lowest BCUT2D eigenvalue weighted by Crippen LogP contribution is -2.20. The van der Waals surface area contributed by atoms with Crippen molar-refractivity contribution in [2.75, 3.05) is 17.2 Å². The molecule has 0 aliphatic carbocycles. The van der Waals surface area contributed by atoms with E-state index in [-0.39, 0.29) is 12.4 Å². The topological polar surface area (TPSA) is 71.6 Å². The maximum atomic E-state index is 12.5. The summed E-state index contributed by atoms with van der Waals surface area (Å²) in [5.74, 6) is 2.00. The molecule has 2 N–H and O–H groups in total. The highest BCUT2D eigenvalue weighted by atomic mass is 32.1. The molecule has 2 heterocycles. The van der Waals surface area contributed by atoms with E-state index in [1.165, 1.54) is 29.2 Å². The number of carbonyl (C=O) groups excluding carboxylic acids is 1. The average Bonchev–Trinajstić information content (AvgIpc) is 3.11. The van der Waals surface area contributed by atoms with Crippen molar-refractivity contribution in [3.8, 4) is 12.3 Å². The van der Waals surface area contributed by atoms with Crippen molar-refractivity contribution < 1.29 is 9.18 Å². The van der Waals surface area contributed by atoms with Crippen LogP contribution >= 0.6 is 11.3 Å². The van der Waals surface area contributed by atoms with Crippen LogP contribution in [0.25, 0.3) is 16.3 Å². The van der Waals surface area contributed by atoms with Crippen LogP contribution in [0.3, 0.4) is 0 Å². The highest BCUT2D eigenvalue weighted by Crippen LogP contribution is 2.26. The number of hydrogen-bond acceptors (Lipinski definition) is 5. The highest BCUT2D eigenvalue weighted by molar-refractivity contribution is 7.17. The summed E-state index contributed by atoms with van der Waals surface area (Å²) in [6.45, 7) is 3.54. The predicted octanol–water partition coefficient (Wildman–Crippen LogP) is 4.53. The van der Waals surface area contributed by atoms with Gasteiger partial charge in [0.15, 0.2) is 0 Å². The summed E-state index contributed by atoms with van der Waals surface area (Å²) in [5, 5.41) is 2.93. The number of benzene rings is 1. The van der Waals surface area contributed by atoms with Crippen LogP contribution in [0.1, 0.15) is 5.69 Å². The molecule has 0 bridgehead atoms. The Bertz CT molecular complexity index is 1060. The van der Waals surface area contributed by atoms with Gasteiger partial charge in [0.2, 0.25) is 6.41 Å². The molecule has 29 heavy (non-hydrogen) atoms. The molecule has 3 rings (SSSR count). The van der Waals surface area contributed by atoms with E-state index in [9.17, 15) is 9.18 Å². The molecule has 0 spiro atoms. The number of thiophene rings is 1. The molecule has 0 saturated carbocycles. The number of pyridine rings is 1. The van der Waals surface area contributed by atoms with Gasteiger partial charge in [-0.25, -0.2) is 9.37 Å². The first-order valence-electron chi connectivity index (χ1n) is 8.42. The summed E-state index contributed by atoms with van der Waals surface area (Å²) in [5.41, 5.74) is 8.08. The van der Waals surface area contributed by atoms with Gasteiger partial charge in [0, 0.05) is 22.7 Å². The monoisotopic (exact) mass is 406 g/mol. The molecule has 1 aromatic carbocycles. The fourth-order valence-corrected chi connectivity index (χ4v) is 3.06. The number of nitrogens with zero attached hydrogens (tertiary/aromatic N) is 3. The molecular formula is C22H19FN4OS. The standard InChI is InChI=1S/C12H11N3S.C10H8FNO/c1-14-7-3-2-4-9-5-6-10-11(13)8-16-12(10)15-9;1-2-7-12(8-13)10-5-3-9(11)4-6-10/h2-8H,1,13H2;1,3-6,8H,7H2/b4-2+,7-3-;. The summed E-state index contributed by atoms with van der Waals surface area (Å²) in [6, 6.07) is 9.49. The third-order valence-electron chi connectivity index (χ3n) is 3.61. The second-order valence-corrected chi connectivity index (χ2v) is 6.44. The molecule has 0 aliphatic rings. The summed E-state index contributed by atoms with van der Waals surface area (Å²) >= 11 is 1.56. The van der Waals surface area contributed by atoms with Gasteiger partial charge in [-0.1, -0.05) is 12.0 Å². The third kappa shape index (κ3) is 6.41. The minimum absolute atomic E-state index is 0.190. The number of terminal acetylenes is 1. The maximum absolute atomic E-state index is 12.5. The van der Waals surface area contributed by atoms with Gasteiger partial charge in [-0.15, -0.1) is 17.8 Å². The van der Waals surface area contributed by atoms with Gasteiger partial charge in [0.05, 0.1) is 17.9 Å². The largest absolute Gasteiger partial charge is 0.398 e. The fraction of sp³-hybridized carbons (Fsp3) is 0.0455. The Labute approximate surface area is 172 Å². The Morgan fingerprint density at radius 1 is 1.28 bits per heavy atom. The number of hydrogen-bond donors (Lipinski definition) is 1. The van der Waals surface area contributed by atoms with Crippen molar-refractivity contribution in [3.63, 3.8) is 0 Å². The minimum atomic E-state index is -0.338. The van der Waals surface area contributed by atoms with Crippen LogP contribution in [0.15, 0.2) is 65.1 Å². The first-order chi connectivity index (χ1) is 14.1. The van der Waals surface area contributed by atoms with E-state index in [1.807, 2.05) is 35.7 Å². The molecule has 1 amide bonds. The summed E-state index contributed by atoms with van der Waals surface area (Å²) < 4.78 is 12.5. The zero-order chi connectivity index (χ0) is 21.1. The number of nitrogens with two attached hydrogens (primary N) is 1. The summed E-state index contributed by atoms with van der Waals surface area (Å²) in [6.07, 6.45) is 12.9. The molecule has 0 unspecified atom stereocenters. The number of halogens is 1. The Morgan fingerprint density at radius 2 is 2.03 bits per heavy atom. The van der Waals surface area contributed by atoms with Crippen molar-refractivity contribution in [1.29, 1.82) is 0 Å². The molecule has 3 aromatic rings. The highest BCUT2D eigenvalue weighted by Gasteiger charge is 2.02. The Morgan fingerprint density at radius 3 is 2.69 bits per heavy atom. The van der Waals surface area contributed by atoms with Crippen molar-refractivity contribution in [1.82, 2.24) is 4.98 Å². The third-order valence-corrected chi connectivity index (χ3v) is 4.51. The number of fused-ring (bicyclic) bond motifs is 1. The zero-order valence-electron chi connectivity index (χ0n) is 15.5. The van der Waals surface area contributed by atoms with Crippen LogP contribution in [0.2, 0.25) is 0 Å². The van der Waals surface area contributed by atoms with Gasteiger partial charge in [-0.3, -0.25) is 9.79 Å². The van der Waals surface area contributed by atoms with Crippen LogP contribution in [-0.2, 0) is 4.79 Å². The van der Waals surface area contributed by atoms with Crippen molar-refractivity contribution >= 4 is 52.1 Å². The van der Waals surface area contributed by atoms with Crippen molar-refractivity contribution in [2.45, 2.75) is 0 Å². The number of aromatic nitrogens is 1. The first-order valence-corrected chi connectivity index (χ1v) is 9.30. The lowest BCUT2D eigenvalue weighted by Gasteiger charge is -2.13. The Balaban J connectivity index is 0.000000212. The normalized spacial score (nSPS) is 10.5. The van der Waals surface area contributed by atoms with E-state index in [4.69, 9.17) is 12.2 Å². The molecule has 146 valence electrons. The smallest absolute Gasteiger partial charge is 0.214 e. The van der Waals surface area contributed by atoms with Crippen LogP contribution in [0, 0.1) is 18.2 Å². The van der Waals surface area contributed by atoms with E-state index >= 15 is 0 Å². The molecule has 2 aromatic heterocycles. The minimum Gasteiger partial charge on any atom is -0.398 e. The Kier molecular flexibility index (Phi) is 8.29. The number of amides is 1. The second kappa shape index (κ2) is 11.2. The Hall–Kier alpha value is -3.76. The van der Waals surface area contributed by atoms with E-state index in [1.54, 1.807) is 17.5 Å². The van der Waals surface area contributed by atoms with Gasteiger partial charge in [-0.2, -0.15) is 0 Å². The van der Waals surface area contributed by atoms with Gasteiger partial charge in [0.1, 0.15) is 10.6 Å². The number of carbonyl (C=O) groups is 1. The van der Waals surface area contributed by atoms with Crippen LogP contribution in [0.4, 0.5) is 15.8 Å². The van der Waals surface area contributed by atoms with E-state index in [2.05, 4.69) is 22.6 Å². The molecule has 0 fully saturated rings. The molecule has 0 saturated heterocycles. The summed E-state index contributed by atoms with van der Waals surface area (Å²) in [4.78, 5) is 20.9. The molecular weight excluding hydrogens is 387 g/mol. The maximum Gasteiger partial charge on any atom is 0.214 e. The molecule has 0 aliphatic heterocycles. The van der Waals surface area contributed by atoms with Gasteiger partial charge >= 0.3 is 0 Å². The lowest BCUT2D eigenvalue weighted by molar-refractivity contribution is -0.107. The number of allylic oxidation sites excluding steroid dienone is 2. The van der Waals surface area contributed by atoms with Gasteiger partial charge < -0.3 is 10.6 Å². The number of rotatable bonds is 6.